The van der Waals surface area contributed by atoms with Gasteiger partial charge < -0.3 is 10.6 Å². The largest absolute Gasteiger partial charge is 0.335 e. The van der Waals surface area contributed by atoms with Crippen molar-refractivity contribution in [1.29, 1.82) is 0 Å². The van der Waals surface area contributed by atoms with Gasteiger partial charge in [0.1, 0.15) is 0 Å². The van der Waals surface area contributed by atoms with Crippen LogP contribution in [0.4, 0.5) is 0 Å². The van der Waals surface area contributed by atoms with E-state index in [1.807, 2.05) is 30.0 Å². The van der Waals surface area contributed by atoms with E-state index in [0.717, 1.165) is 36.4 Å². The van der Waals surface area contributed by atoms with Crippen molar-refractivity contribution in [2.24, 2.45) is 11.7 Å². The van der Waals surface area contributed by atoms with Gasteiger partial charge in [-0.25, -0.2) is 0 Å². The number of nitrogens with two attached hydrogens (primary N) is 1. The van der Waals surface area contributed by atoms with Crippen LogP contribution in [0.15, 0.2) is 24.3 Å². The van der Waals surface area contributed by atoms with Crippen LogP contribution in [0.2, 0.25) is 5.02 Å². The second-order valence-electron chi connectivity index (χ2n) is 5.22. The van der Waals surface area contributed by atoms with Crippen LogP contribution in [0.1, 0.15) is 37.8 Å². The average Bonchev–Trinajstić information content (AvgIpc) is 2.87. The van der Waals surface area contributed by atoms with Crippen molar-refractivity contribution in [3.63, 3.8) is 0 Å². The van der Waals surface area contributed by atoms with Crippen LogP contribution in [0.5, 0.6) is 0 Å². The van der Waals surface area contributed by atoms with Crippen molar-refractivity contribution in [2.45, 2.75) is 32.2 Å². The molecule has 1 heterocycles. The number of carbonyl (C=O) groups is 1. The summed E-state index contributed by atoms with van der Waals surface area (Å²) in [6.07, 6.45) is 2.82. The highest BCUT2D eigenvalue weighted by Crippen LogP contribution is 2.34. The van der Waals surface area contributed by atoms with Gasteiger partial charge in [-0.3, -0.25) is 4.79 Å². The van der Waals surface area contributed by atoms with Gasteiger partial charge in [0.25, 0.3) is 0 Å². The number of carbonyl (C=O) groups excluding carboxylic acids is 1. The molecule has 2 unspecified atom stereocenters. The Hall–Kier alpha value is -1.06. The molecule has 4 heteroatoms. The van der Waals surface area contributed by atoms with E-state index < -0.39 is 0 Å². The van der Waals surface area contributed by atoms with Crippen molar-refractivity contribution < 1.29 is 4.79 Å². The molecular weight excluding hydrogens is 260 g/mol. The molecule has 1 saturated heterocycles. The first-order valence-corrected chi connectivity index (χ1v) is 7.27. The third kappa shape index (κ3) is 3.28. The first-order valence-electron chi connectivity index (χ1n) is 6.89. The van der Waals surface area contributed by atoms with Gasteiger partial charge in [0.15, 0.2) is 0 Å². The van der Waals surface area contributed by atoms with Crippen LogP contribution in [0, 0.1) is 5.92 Å². The zero-order valence-corrected chi connectivity index (χ0v) is 12.1. The lowest BCUT2D eigenvalue weighted by Crippen LogP contribution is -2.35. The quantitative estimate of drug-likeness (QED) is 0.922. The number of benzene rings is 1. The number of halogens is 1. The third-order valence-electron chi connectivity index (χ3n) is 3.79. The monoisotopic (exact) mass is 280 g/mol. The van der Waals surface area contributed by atoms with Crippen molar-refractivity contribution in [2.75, 3.05) is 13.1 Å². The molecule has 2 N–H and O–H groups in total. The molecular formula is C15H21ClN2O. The molecule has 0 bridgehead atoms. The van der Waals surface area contributed by atoms with E-state index in [1.165, 1.54) is 0 Å². The predicted molar refractivity (Wildman–Crippen MR) is 78.0 cm³/mol. The molecule has 0 radical (unpaired) electrons. The van der Waals surface area contributed by atoms with E-state index >= 15 is 0 Å². The number of hydrogen-bond acceptors (Lipinski definition) is 2. The minimum absolute atomic E-state index is 0.00443. The van der Waals surface area contributed by atoms with Crippen LogP contribution in [-0.2, 0) is 4.79 Å². The lowest BCUT2D eigenvalue weighted by molar-refractivity contribution is -0.136. The molecule has 1 amide bonds. The lowest BCUT2D eigenvalue weighted by atomic mass is 10.0. The van der Waals surface area contributed by atoms with Gasteiger partial charge in [-0.15, -0.1) is 0 Å². The first-order chi connectivity index (χ1) is 9.13. The molecule has 1 aromatic carbocycles. The maximum atomic E-state index is 12.4. The number of amides is 1. The van der Waals surface area contributed by atoms with E-state index in [-0.39, 0.29) is 17.9 Å². The zero-order valence-electron chi connectivity index (χ0n) is 11.3. The smallest absolute Gasteiger partial charge is 0.225 e. The number of rotatable bonds is 4. The molecule has 19 heavy (non-hydrogen) atoms. The van der Waals surface area contributed by atoms with E-state index in [2.05, 4.69) is 6.07 Å². The second kappa shape index (κ2) is 6.40. The second-order valence-corrected chi connectivity index (χ2v) is 5.66. The van der Waals surface area contributed by atoms with E-state index in [9.17, 15) is 4.79 Å². The maximum Gasteiger partial charge on any atom is 0.225 e. The summed E-state index contributed by atoms with van der Waals surface area (Å²) in [5.74, 6) is 0.220. The van der Waals surface area contributed by atoms with Gasteiger partial charge in [-0.05, 0) is 43.5 Å². The Balaban J connectivity index is 2.15. The van der Waals surface area contributed by atoms with Crippen LogP contribution >= 0.6 is 11.6 Å². The molecule has 0 saturated carbocycles. The van der Waals surface area contributed by atoms with Gasteiger partial charge >= 0.3 is 0 Å². The SMILES string of the molecule is CC(CCN)C(=O)N1CCCC1c1cccc(Cl)c1. The molecule has 0 spiro atoms. The summed E-state index contributed by atoms with van der Waals surface area (Å²) in [5.41, 5.74) is 6.68. The molecule has 3 nitrogen and oxygen atoms in total. The van der Waals surface area contributed by atoms with Crippen LogP contribution in [0.25, 0.3) is 0 Å². The van der Waals surface area contributed by atoms with Gasteiger partial charge in [0.2, 0.25) is 5.91 Å². The van der Waals surface area contributed by atoms with Crippen LogP contribution in [0.3, 0.4) is 0 Å². The summed E-state index contributed by atoms with van der Waals surface area (Å²) in [6, 6.07) is 8.00. The Kier molecular flexibility index (Phi) is 4.83. The number of hydrogen-bond donors (Lipinski definition) is 1. The minimum Gasteiger partial charge on any atom is -0.335 e. The highest BCUT2D eigenvalue weighted by atomic mass is 35.5. The maximum absolute atomic E-state index is 12.4. The van der Waals surface area contributed by atoms with Crippen LogP contribution in [-0.4, -0.2) is 23.9 Å². The molecule has 0 aromatic heterocycles. The summed E-state index contributed by atoms with van der Waals surface area (Å²) in [7, 11) is 0. The highest BCUT2D eigenvalue weighted by molar-refractivity contribution is 6.30. The van der Waals surface area contributed by atoms with Gasteiger partial charge in [-0.2, -0.15) is 0 Å². The molecule has 104 valence electrons. The van der Waals surface area contributed by atoms with Gasteiger partial charge in [0, 0.05) is 17.5 Å². The Bertz CT molecular complexity index is 450. The minimum atomic E-state index is 0.00443. The van der Waals surface area contributed by atoms with Crippen molar-refractivity contribution in [3.05, 3.63) is 34.9 Å². The first kappa shape index (κ1) is 14.4. The molecule has 1 aliphatic heterocycles. The van der Waals surface area contributed by atoms with E-state index in [0.29, 0.717) is 6.54 Å². The summed E-state index contributed by atoms with van der Waals surface area (Å²) in [5, 5.41) is 0.729. The topological polar surface area (TPSA) is 46.3 Å². The molecule has 1 aromatic rings. The molecule has 2 atom stereocenters. The Morgan fingerprint density at radius 1 is 1.58 bits per heavy atom. The van der Waals surface area contributed by atoms with E-state index in [1.54, 1.807) is 0 Å². The van der Waals surface area contributed by atoms with Gasteiger partial charge in [-0.1, -0.05) is 30.7 Å². The molecule has 0 aliphatic carbocycles. The van der Waals surface area contributed by atoms with E-state index in [4.69, 9.17) is 17.3 Å². The summed E-state index contributed by atoms with van der Waals surface area (Å²) in [4.78, 5) is 14.4. The number of nitrogens with zero attached hydrogens (tertiary/aromatic N) is 1. The standard InChI is InChI=1S/C15H21ClN2O/c1-11(7-8-17)15(19)18-9-3-6-14(18)12-4-2-5-13(16)10-12/h2,4-5,10-11,14H,3,6-9,17H2,1H3. The fourth-order valence-electron chi connectivity index (χ4n) is 2.75. The fourth-order valence-corrected chi connectivity index (χ4v) is 2.95. The van der Waals surface area contributed by atoms with Gasteiger partial charge in [0.05, 0.1) is 6.04 Å². The Morgan fingerprint density at radius 3 is 3.05 bits per heavy atom. The van der Waals surface area contributed by atoms with Crippen molar-refractivity contribution >= 4 is 17.5 Å². The summed E-state index contributed by atoms with van der Waals surface area (Å²) >= 11 is 6.04. The Labute approximate surface area is 119 Å². The molecule has 1 fully saturated rings. The highest BCUT2D eigenvalue weighted by Gasteiger charge is 2.31. The zero-order chi connectivity index (χ0) is 13.8. The number of likely N-dealkylation sites (tertiary alicyclic amines) is 1. The lowest BCUT2D eigenvalue weighted by Gasteiger charge is -2.28. The summed E-state index contributed by atoms with van der Waals surface area (Å²) < 4.78 is 0. The molecule has 2 rings (SSSR count). The summed E-state index contributed by atoms with van der Waals surface area (Å²) in [6.45, 7) is 3.36. The van der Waals surface area contributed by atoms with Crippen LogP contribution < -0.4 is 5.73 Å². The predicted octanol–water partition coefficient (Wildman–Crippen LogP) is 2.99. The fraction of sp³-hybridized carbons (Fsp3) is 0.533. The van der Waals surface area contributed by atoms with Crippen molar-refractivity contribution in [3.8, 4) is 0 Å². The normalized spacial score (nSPS) is 20.6. The molecule has 1 aliphatic rings. The third-order valence-corrected chi connectivity index (χ3v) is 4.03. The average molecular weight is 281 g/mol. The van der Waals surface area contributed by atoms with Crippen molar-refractivity contribution in [1.82, 2.24) is 4.90 Å². The Morgan fingerprint density at radius 2 is 2.37 bits per heavy atom.